The molecule has 0 bridgehead atoms. The molecule has 0 aromatic carbocycles. The third-order valence-electron chi connectivity index (χ3n) is 4.67. The first-order valence-electron chi connectivity index (χ1n) is 10.1. The number of nitrogens with one attached hydrogen (secondary N) is 1. The number of carbonyl (C=O) groups is 3. The van der Waals surface area contributed by atoms with Crippen molar-refractivity contribution in [3.8, 4) is 0 Å². The Morgan fingerprint density at radius 1 is 1.24 bits per heavy atom. The average Bonchev–Trinajstić information content (AvgIpc) is 3.00. The minimum absolute atomic E-state index is 0.0256. The molecule has 188 valence electrons. The van der Waals surface area contributed by atoms with Gasteiger partial charge in [0.05, 0.1) is 6.61 Å². The molecule has 1 aromatic heterocycles. The van der Waals surface area contributed by atoms with E-state index in [1.165, 1.54) is 0 Å². The van der Waals surface area contributed by atoms with Gasteiger partial charge in [-0.05, 0) is 38.9 Å². The van der Waals surface area contributed by atoms with Crippen molar-refractivity contribution in [2.24, 2.45) is 5.16 Å². The Bertz CT molecular complexity index is 943. The lowest BCUT2D eigenvalue weighted by Crippen LogP contribution is -2.44. The largest absolute Gasteiger partial charge is 0.541 e. The molecule has 1 atom stereocenters. The molecule has 2 radical (unpaired) electrons. The Hall–Kier alpha value is -2.16. The number of carboxylic acids is 1. The number of ether oxygens (including phenoxy) is 1. The van der Waals surface area contributed by atoms with E-state index >= 15 is 0 Å². The van der Waals surface area contributed by atoms with Gasteiger partial charge in [-0.2, -0.15) is 0 Å². The highest BCUT2D eigenvalue weighted by Crippen LogP contribution is 2.36. The number of aromatic nitrogens is 1. The maximum atomic E-state index is 12.0. The monoisotopic (exact) mass is 533 g/mol. The fraction of sp³-hybridized carbons (Fsp3) is 0.632. The predicted molar refractivity (Wildman–Crippen MR) is 131 cm³/mol. The van der Waals surface area contributed by atoms with Crippen LogP contribution in [0.2, 0.25) is 22.5 Å². The molecular weight excluding hydrogens is 505 g/mol. The van der Waals surface area contributed by atoms with Gasteiger partial charge >= 0.3 is 26.1 Å². The molecule has 0 unspecified atom stereocenters. The van der Waals surface area contributed by atoms with Gasteiger partial charge in [0.25, 0.3) is 0 Å². The minimum Gasteiger partial charge on any atom is -0.541 e. The van der Waals surface area contributed by atoms with Crippen LogP contribution in [0.1, 0.15) is 47.2 Å². The van der Waals surface area contributed by atoms with E-state index < -0.39 is 43.8 Å². The van der Waals surface area contributed by atoms with E-state index in [0.29, 0.717) is 0 Å². The Labute approximate surface area is 209 Å². The lowest BCUT2D eigenvalue weighted by Gasteiger charge is -2.36. The summed E-state index contributed by atoms with van der Waals surface area (Å²) in [4.78, 5) is 44.9. The van der Waals surface area contributed by atoms with E-state index in [2.05, 4.69) is 20.1 Å². The first-order valence-corrected chi connectivity index (χ1v) is 14.2. The Kier molecular flexibility index (Phi) is 10.1. The molecule has 1 amide bonds. The summed E-state index contributed by atoms with van der Waals surface area (Å²) in [5.74, 6) is -2.55. The molecule has 0 saturated carbocycles. The van der Waals surface area contributed by atoms with E-state index in [9.17, 15) is 19.5 Å². The fourth-order valence-electron chi connectivity index (χ4n) is 1.91. The number of carboxylic acid groups (broad SMARTS) is 1. The van der Waals surface area contributed by atoms with Crippen LogP contribution in [-0.4, -0.2) is 68.5 Å². The normalized spacial score (nSPS) is 13.7. The smallest absolute Gasteiger partial charge is 0.413 e. The second-order valence-electron chi connectivity index (χ2n) is 9.62. The van der Waals surface area contributed by atoms with Crippen molar-refractivity contribution in [2.45, 2.75) is 71.4 Å². The number of anilines is 1. The number of hydrogen-bond donors (Lipinski definition) is 2. The van der Waals surface area contributed by atoms with Crippen LogP contribution in [0.3, 0.4) is 0 Å². The second-order valence-corrected chi connectivity index (χ2v) is 16.0. The number of hydrogen-bond acceptors (Lipinski definition) is 10. The molecule has 0 saturated heterocycles. The topological polar surface area (TPSA) is 146 Å². The summed E-state index contributed by atoms with van der Waals surface area (Å²) in [5, 5.41) is 15.3. The molecule has 0 fully saturated rings. The van der Waals surface area contributed by atoms with Crippen molar-refractivity contribution in [3.63, 3.8) is 0 Å². The lowest BCUT2D eigenvalue weighted by molar-refractivity contribution is -0.149. The van der Waals surface area contributed by atoms with Crippen molar-refractivity contribution >= 4 is 68.2 Å². The lowest BCUT2D eigenvalue weighted by atomic mass is 10.2. The van der Waals surface area contributed by atoms with Gasteiger partial charge in [-0.15, -0.1) is 0 Å². The number of carbonyl (C=O) groups excluding carboxylic acids is 2. The summed E-state index contributed by atoms with van der Waals surface area (Å²) in [6, 6.07) is 0. The zero-order chi connectivity index (χ0) is 26.5. The van der Waals surface area contributed by atoms with Gasteiger partial charge < -0.3 is 23.8 Å². The second kappa shape index (κ2) is 11.5. The van der Waals surface area contributed by atoms with Crippen LogP contribution in [0.4, 0.5) is 9.93 Å². The first kappa shape index (κ1) is 29.9. The summed E-state index contributed by atoms with van der Waals surface area (Å²) >= 11 is 6.90. The minimum atomic E-state index is -2.28. The Morgan fingerprint density at radius 3 is 2.29 bits per heavy atom. The van der Waals surface area contributed by atoms with Crippen LogP contribution >= 0.6 is 22.9 Å². The van der Waals surface area contributed by atoms with Gasteiger partial charge in [0.2, 0.25) is 11.8 Å². The van der Waals surface area contributed by atoms with Crippen LogP contribution in [-0.2, 0) is 28.2 Å². The van der Waals surface area contributed by atoms with Crippen LogP contribution in [0, 0.1) is 0 Å². The van der Waals surface area contributed by atoms with Gasteiger partial charge in [-0.1, -0.05) is 48.9 Å². The predicted octanol–water partition coefficient (Wildman–Crippen LogP) is 3.97. The summed E-state index contributed by atoms with van der Waals surface area (Å²) < 4.78 is 15.2. The molecule has 11 nitrogen and oxygen atoms in total. The molecular formula is C19H29BClN3O8SSi. The maximum absolute atomic E-state index is 12.0. The van der Waals surface area contributed by atoms with Crippen molar-refractivity contribution in [1.82, 2.24) is 4.98 Å². The third-order valence-corrected chi connectivity index (χ3v) is 10.3. The molecule has 1 heterocycles. The van der Waals surface area contributed by atoms with Crippen molar-refractivity contribution in [2.75, 3.05) is 11.9 Å². The van der Waals surface area contributed by atoms with Crippen molar-refractivity contribution < 1.29 is 38.1 Å². The zero-order valence-corrected chi connectivity index (χ0v) is 22.9. The fourth-order valence-corrected chi connectivity index (χ4v) is 3.94. The third kappa shape index (κ3) is 8.89. The highest BCUT2D eigenvalue weighted by molar-refractivity contribution is 7.20. The van der Waals surface area contributed by atoms with Crippen molar-refractivity contribution in [3.05, 3.63) is 10.0 Å². The number of aliphatic carboxylic acids is 1. The van der Waals surface area contributed by atoms with E-state index in [1.807, 2.05) is 33.9 Å². The number of nitrogens with zero attached hydrogens (tertiary/aromatic N) is 2. The molecule has 15 heteroatoms. The highest BCUT2D eigenvalue weighted by Gasteiger charge is 2.39. The molecule has 1 aromatic rings. The number of thiazole rings is 1. The quantitative estimate of drug-likeness (QED) is 0.273. The maximum Gasteiger partial charge on any atom is 0.413 e. The van der Waals surface area contributed by atoms with Crippen molar-refractivity contribution in [1.29, 1.82) is 0 Å². The number of amides is 1. The standard InChI is InChI=1S/C19H29BClN3O8SSi/c1-18(2,3)30-17(28)23-16-22-11(13(21)33-16)12(14(25)26)24-32-10(15(27)31-20)9-29-34(7,8)19(4,5)6/h10H,9H2,1-8H3,(H,25,26)(H,22,23,28)/t10-/m1/s1. The molecule has 0 aliphatic heterocycles. The number of halogens is 1. The van der Waals surface area contributed by atoms with E-state index in [-0.39, 0.29) is 26.8 Å². The molecule has 0 aliphatic rings. The molecule has 1 rings (SSSR count). The molecule has 2 N–H and O–H groups in total. The Balaban J connectivity index is 3.12. The van der Waals surface area contributed by atoms with E-state index in [0.717, 1.165) is 11.3 Å². The van der Waals surface area contributed by atoms with E-state index in [4.69, 9.17) is 33.7 Å². The van der Waals surface area contributed by atoms with Gasteiger partial charge in [0.15, 0.2) is 13.4 Å². The highest BCUT2D eigenvalue weighted by atomic mass is 35.5. The SMILES string of the molecule is [B]OC(=O)[C@@H](CO[Si](C)(C)C(C)(C)C)ON=C(C(=O)O)c1nc(NC(=O)OC(C)(C)C)sc1Cl. The average molecular weight is 534 g/mol. The van der Waals surface area contributed by atoms with Gasteiger partial charge in [-0.25, -0.2) is 19.4 Å². The molecule has 0 spiro atoms. The summed E-state index contributed by atoms with van der Waals surface area (Å²) in [7, 11) is 2.69. The van der Waals surface area contributed by atoms with Crippen LogP contribution in [0.15, 0.2) is 5.16 Å². The number of oxime groups is 1. The van der Waals surface area contributed by atoms with E-state index in [1.54, 1.807) is 20.8 Å². The van der Waals surface area contributed by atoms with Gasteiger partial charge in [0.1, 0.15) is 15.6 Å². The first-order chi connectivity index (χ1) is 15.4. The van der Waals surface area contributed by atoms with Crippen LogP contribution in [0.5, 0.6) is 0 Å². The van der Waals surface area contributed by atoms with Crippen LogP contribution in [0.25, 0.3) is 0 Å². The Morgan fingerprint density at radius 2 is 1.82 bits per heavy atom. The summed E-state index contributed by atoms with van der Waals surface area (Å²) in [6.45, 7) is 14.7. The number of rotatable bonds is 9. The summed E-state index contributed by atoms with van der Waals surface area (Å²) in [5.41, 5.74) is -1.75. The zero-order valence-electron chi connectivity index (χ0n) is 20.3. The molecule has 34 heavy (non-hydrogen) atoms. The molecule has 0 aliphatic carbocycles. The van der Waals surface area contributed by atoms with Gasteiger partial charge in [0, 0.05) is 0 Å². The van der Waals surface area contributed by atoms with Gasteiger partial charge in [-0.3, -0.25) is 5.32 Å². The van der Waals surface area contributed by atoms with Crippen LogP contribution < -0.4 is 5.32 Å². The summed E-state index contributed by atoms with van der Waals surface area (Å²) in [6.07, 6.45) is -2.24.